The van der Waals surface area contributed by atoms with Crippen LogP contribution in [0.15, 0.2) is 60.8 Å². The number of carbonyl (C=O) groups is 2. The van der Waals surface area contributed by atoms with E-state index in [-0.39, 0.29) is 22.8 Å². The fraction of sp³-hybridized carbons (Fsp3) is 0.290. The Hall–Kier alpha value is -3.10. The molecule has 1 aliphatic heterocycles. The van der Waals surface area contributed by atoms with Crippen LogP contribution in [0, 0.1) is 0 Å². The highest BCUT2D eigenvalue weighted by atomic mass is 35.5. The van der Waals surface area contributed by atoms with Gasteiger partial charge < -0.3 is 14.0 Å². The van der Waals surface area contributed by atoms with Crippen molar-refractivity contribution < 1.29 is 14.0 Å². The van der Waals surface area contributed by atoms with E-state index in [2.05, 4.69) is 56.3 Å². The number of amides is 2. The molecule has 2 amide bonds. The number of aromatic nitrogens is 2. The van der Waals surface area contributed by atoms with Gasteiger partial charge in [0.1, 0.15) is 5.15 Å². The molecule has 0 saturated carbocycles. The Bertz CT molecular complexity index is 1770. The summed E-state index contributed by atoms with van der Waals surface area (Å²) in [5.74, 6) is -0.915. The first-order chi connectivity index (χ1) is 18.9. The van der Waals surface area contributed by atoms with Crippen LogP contribution in [-0.4, -0.2) is 35.8 Å². The van der Waals surface area contributed by atoms with E-state index in [0.29, 0.717) is 33.3 Å². The third-order valence-corrected chi connectivity index (χ3v) is 13.7. The quantitative estimate of drug-likeness (QED) is 0.141. The number of hydrogen-bond acceptors (Lipinski definition) is 3. The Balaban J connectivity index is 1.51. The summed E-state index contributed by atoms with van der Waals surface area (Å²) in [6.07, 6.45) is 6.66. The molecule has 2 N–H and O–H groups in total. The number of para-hydroxylation sites is 1. The summed E-state index contributed by atoms with van der Waals surface area (Å²) in [5.41, 5.74) is 3.43. The van der Waals surface area contributed by atoms with Gasteiger partial charge in [-0.1, -0.05) is 80.4 Å². The first-order valence-corrected chi connectivity index (χ1v) is 17.1. The smallest absolute Gasteiger partial charge is 0.259 e. The van der Waals surface area contributed by atoms with E-state index in [1.165, 1.54) is 0 Å². The molecule has 2 aliphatic rings. The molecule has 4 aromatic rings. The van der Waals surface area contributed by atoms with Crippen LogP contribution in [0.3, 0.4) is 0 Å². The predicted molar refractivity (Wildman–Crippen MR) is 165 cm³/mol. The fourth-order valence-corrected chi connectivity index (χ4v) is 7.39. The molecular weight excluding hydrogens is 561 g/mol. The molecule has 0 fully saturated rings. The van der Waals surface area contributed by atoms with Crippen LogP contribution in [-0.2, 0) is 14.0 Å². The fourth-order valence-electron chi connectivity index (χ4n) is 5.53. The van der Waals surface area contributed by atoms with Crippen molar-refractivity contribution in [3.8, 4) is 0 Å². The van der Waals surface area contributed by atoms with Gasteiger partial charge in [0.05, 0.1) is 28.8 Å². The molecule has 1 unspecified atom stereocenters. The number of halogens is 2. The number of nitrogens with one attached hydrogen (secondary N) is 2. The van der Waals surface area contributed by atoms with Gasteiger partial charge in [0.2, 0.25) is 0 Å². The maximum absolute atomic E-state index is 13.4. The van der Waals surface area contributed by atoms with Crippen LogP contribution in [0.2, 0.25) is 28.3 Å². The SMILES string of the molecule is CC(C)(C)[Si](C)(C)O[C@H]1C=CC(n2c(Cl)c(C3=C(c4c[nH]c5ccccc45)C(=O)NC3=O)c3ccc(Cl)cc32)C1. The molecule has 206 valence electrons. The molecular formula is C31H31Cl2N3O3Si. The number of carbonyl (C=O) groups excluding carboxylic acids is 2. The number of rotatable bonds is 5. The van der Waals surface area contributed by atoms with E-state index in [0.717, 1.165) is 21.8 Å². The second-order valence-electron chi connectivity index (χ2n) is 12.1. The Morgan fingerprint density at radius 3 is 2.45 bits per heavy atom. The average Bonchev–Trinajstić information content (AvgIpc) is 3.62. The Morgan fingerprint density at radius 1 is 0.975 bits per heavy atom. The highest BCUT2D eigenvalue weighted by molar-refractivity contribution is 6.74. The lowest BCUT2D eigenvalue weighted by atomic mass is 9.95. The van der Waals surface area contributed by atoms with Crippen LogP contribution < -0.4 is 5.32 Å². The summed E-state index contributed by atoms with van der Waals surface area (Å²) < 4.78 is 8.70. The molecule has 6 nitrogen and oxygen atoms in total. The van der Waals surface area contributed by atoms with E-state index < -0.39 is 20.1 Å². The van der Waals surface area contributed by atoms with Crippen LogP contribution in [0.4, 0.5) is 0 Å². The average molecular weight is 593 g/mol. The number of benzene rings is 2. The Morgan fingerprint density at radius 2 is 1.70 bits per heavy atom. The monoisotopic (exact) mass is 591 g/mol. The molecule has 2 atom stereocenters. The van der Waals surface area contributed by atoms with Crippen molar-refractivity contribution in [2.75, 3.05) is 0 Å². The van der Waals surface area contributed by atoms with E-state index in [1.54, 1.807) is 12.3 Å². The lowest BCUT2D eigenvalue weighted by Gasteiger charge is -2.38. The first kappa shape index (κ1) is 27.1. The number of H-pyrrole nitrogens is 1. The molecule has 3 heterocycles. The van der Waals surface area contributed by atoms with Gasteiger partial charge in [-0.3, -0.25) is 14.9 Å². The number of nitrogens with zero attached hydrogens (tertiary/aromatic N) is 1. The van der Waals surface area contributed by atoms with Crippen molar-refractivity contribution in [3.63, 3.8) is 0 Å². The maximum atomic E-state index is 13.4. The summed E-state index contributed by atoms with van der Waals surface area (Å²) in [6, 6.07) is 13.1. The topological polar surface area (TPSA) is 76.1 Å². The highest BCUT2D eigenvalue weighted by Crippen LogP contribution is 2.46. The number of allylic oxidation sites excluding steroid dienone is 1. The lowest BCUT2D eigenvalue weighted by molar-refractivity contribution is -0.122. The van der Waals surface area contributed by atoms with E-state index >= 15 is 0 Å². The minimum atomic E-state index is -1.99. The summed E-state index contributed by atoms with van der Waals surface area (Å²) in [4.78, 5) is 29.8. The van der Waals surface area contributed by atoms with Gasteiger partial charge in [0.25, 0.3) is 11.8 Å². The predicted octanol–water partition coefficient (Wildman–Crippen LogP) is 7.89. The Kier molecular flexibility index (Phi) is 6.42. The molecule has 2 aromatic carbocycles. The van der Waals surface area contributed by atoms with Crippen molar-refractivity contribution in [2.45, 2.75) is 57.5 Å². The third-order valence-electron chi connectivity index (χ3n) is 8.55. The Labute approximate surface area is 244 Å². The standard InChI is InChI=1S/C31H31Cl2N3O3Si/c1-31(2,3)40(4,5)39-19-12-11-18(15-19)36-24-14-17(32)10-13-21(24)25(28(36)33)27-26(29(37)35-30(27)38)22-16-34-23-9-7-6-8-20(22)23/h6-14,16,18-19,34H,15H2,1-5H3,(H,35,37,38)/t18?,19-/m0/s1. The van der Waals surface area contributed by atoms with Crippen LogP contribution in [0.1, 0.15) is 44.4 Å². The summed E-state index contributed by atoms with van der Waals surface area (Å²) in [6.45, 7) is 11.2. The lowest BCUT2D eigenvalue weighted by Crippen LogP contribution is -2.43. The molecule has 0 radical (unpaired) electrons. The van der Waals surface area contributed by atoms with Crippen molar-refractivity contribution in [3.05, 3.63) is 82.1 Å². The van der Waals surface area contributed by atoms with Gasteiger partial charge in [-0.25, -0.2) is 0 Å². The van der Waals surface area contributed by atoms with E-state index in [9.17, 15) is 9.59 Å². The van der Waals surface area contributed by atoms with Crippen molar-refractivity contribution in [1.29, 1.82) is 0 Å². The maximum Gasteiger partial charge on any atom is 0.259 e. The molecule has 9 heteroatoms. The van der Waals surface area contributed by atoms with Crippen molar-refractivity contribution >= 4 is 76.3 Å². The second kappa shape index (κ2) is 9.48. The zero-order valence-corrected chi connectivity index (χ0v) is 25.6. The van der Waals surface area contributed by atoms with Crippen LogP contribution in [0.5, 0.6) is 0 Å². The minimum Gasteiger partial charge on any atom is -0.410 e. The van der Waals surface area contributed by atoms with Gasteiger partial charge in [-0.2, -0.15) is 0 Å². The van der Waals surface area contributed by atoms with Crippen molar-refractivity contribution in [2.24, 2.45) is 0 Å². The van der Waals surface area contributed by atoms with Gasteiger partial charge in [0, 0.05) is 45.1 Å². The van der Waals surface area contributed by atoms with Crippen LogP contribution in [0.25, 0.3) is 33.0 Å². The largest absolute Gasteiger partial charge is 0.410 e. The molecule has 2 aromatic heterocycles. The first-order valence-electron chi connectivity index (χ1n) is 13.4. The van der Waals surface area contributed by atoms with Crippen LogP contribution >= 0.6 is 23.2 Å². The highest BCUT2D eigenvalue weighted by Gasteiger charge is 2.41. The number of aromatic amines is 1. The van der Waals surface area contributed by atoms with E-state index in [4.69, 9.17) is 27.6 Å². The molecule has 1 aliphatic carbocycles. The third kappa shape index (κ3) is 4.27. The van der Waals surface area contributed by atoms with Gasteiger partial charge in [-0.15, -0.1) is 0 Å². The summed E-state index contributed by atoms with van der Waals surface area (Å²) in [5, 5.41) is 5.15. The molecule has 0 saturated heterocycles. The number of hydrogen-bond donors (Lipinski definition) is 2. The zero-order chi connectivity index (χ0) is 28.6. The number of imide groups is 1. The molecule has 40 heavy (non-hydrogen) atoms. The zero-order valence-electron chi connectivity index (χ0n) is 23.1. The van der Waals surface area contributed by atoms with Crippen molar-refractivity contribution in [1.82, 2.24) is 14.9 Å². The minimum absolute atomic E-state index is 0.0422. The molecule has 0 spiro atoms. The summed E-state index contributed by atoms with van der Waals surface area (Å²) >= 11 is 13.7. The second-order valence-corrected chi connectivity index (χ2v) is 17.6. The molecule has 6 rings (SSSR count). The van der Waals surface area contributed by atoms with Gasteiger partial charge in [0.15, 0.2) is 8.32 Å². The summed E-state index contributed by atoms with van der Waals surface area (Å²) in [7, 11) is -1.99. The van der Waals surface area contributed by atoms with E-state index in [1.807, 2.05) is 41.0 Å². The van der Waals surface area contributed by atoms with Gasteiger partial charge >= 0.3 is 0 Å². The number of fused-ring (bicyclic) bond motifs is 2. The molecule has 0 bridgehead atoms. The van der Waals surface area contributed by atoms with Gasteiger partial charge in [-0.05, 0) is 36.3 Å². The normalized spacial score (nSPS) is 20.0.